The van der Waals surface area contributed by atoms with Gasteiger partial charge in [0.1, 0.15) is 6.17 Å². The Morgan fingerprint density at radius 3 is 2.47 bits per heavy atom. The number of aryl methyl sites for hydroxylation is 1. The topological polar surface area (TPSA) is 41.1 Å². The molecule has 0 aliphatic carbocycles. The minimum absolute atomic E-state index is 0.153. The van der Waals surface area contributed by atoms with Crippen LogP contribution in [0, 0.1) is 6.92 Å². The third-order valence-corrected chi connectivity index (χ3v) is 3.21. The highest BCUT2D eigenvalue weighted by Gasteiger charge is 2.34. The maximum absolute atomic E-state index is 11.6. The zero-order valence-electron chi connectivity index (χ0n) is 10.8. The summed E-state index contributed by atoms with van der Waals surface area (Å²) in [7, 11) is 0. The molecule has 0 fully saturated rings. The molecule has 1 aromatic carbocycles. The van der Waals surface area contributed by atoms with Gasteiger partial charge in [0.25, 0.3) is 0 Å². The van der Waals surface area contributed by atoms with Gasteiger partial charge < -0.3 is 10.6 Å². The van der Waals surface area contributed by atoms with Crippen molar-refractivity contribution in [1.29, 1.82) is 0 Å². The lowest BCUT2D eigenvalue weighted by molar-refractivity contribution is -0.121. The summed E-state index contributed by atoms with van der Waals surface area (Å²) in [5, 5.41) is 5.74. The van der Waals surface area contributed by atoms with Gasteiger partial charge in [0.2, 0.25) is 9.70 Å². The van der Waals surface area contributed by atoms with Gasteiger partial charge in [0.15, 0.2) is 0 Å². The second-order valence-corrected chi connectivity index (χ2v) is 6.62. The summed E-state index contributed by atoms with van der Waals surface area (Å²) in [5.41, 5.74) is 1.82. The number of nitrogens with one attached hydrogen (secondary N) is 2. The van der Waals surface area contributed by atoms with Crippen molar-refractivity contribution < 1.29 is 4.79 Å². The van der Waals surface area contributed by atoms with Gasteiger partial charge in [-0.15, -0.1) is 0 Å². The lowest BCUT2D eigenvalue weighted by Gasteiger charge is -2.28. The first-order chi connectivity index (χ1) is 8.84. The van der Waals surface area contributed by atoms with Gasteiger partial charge in [-0.3, -0.25) is 4.79 Å². The van der Waals surface area contributed by atoms with E-state index in [-0.39, 0.29) is 5.91 Å². The van der Waals surface area contributed by atoms with Crippen molar-refractivity contribution >= 4 is 46.4 Å². The molecule has 0 saturated heterocycles. The van der Waals surface area contributed by atoms with Gasteiger partial charge in [0.05, 0.1) is 0 Å². The Morgan fingerprint density at radius 1 is 1.32 bits per heavy atom. The van der Waals surface area contributed by atoms with E-state index in [0.717, 1.165) is 17.7 Å². The summed E-state index contributed by atoms with van der Waals surface area (Å²) < 4.78 is -1.63. The minimum Gasteiger partial charge on any atom is -0.362 e. The molecular weight excluding hydrogens is 307 g/mol. The van der Waals surface area contributed by atoms with E-state index in [1.165, 1.54) is 0 Å². The first-order valence-electron chi connectivity index (χ1n) is 6.03. The second-order valence-electron chi connectivity index (χ2n) is 4.25. The molecule has 0 spiro atoms. The molecule has 1 aromatic rings. The smallest absolute Gasteiger partial charge is 0.228 e. The standard InChI is InChI=1S/C13H17Cl3N2O/c1-3-6-11(19)18-12(13(14,15)16)17-10-8-5-4-7-9(10)2/h4-5,7-8,12,17H,3,6H2,1-2H3,(H,18,19). The number of amides is 1. The molecule has 3 nitrogen and oxygen atoms in total. The molecule has 0 aliphatic rings. The average molecular weight is 324 g/mol. The maximum atomic E-state index is 11.6. The number of para-hydroxylation sites is 1. The quantitative estimate of drug-likeness (QED) is 0.635. The molecular formula is C13H17Cl3N2O. The lowest BCUT2D eigenvalue weighted by atomic mass is 10.2. The molecule has 1 unspecified atom stereocenters. The number of carbonyl (C=O) groups is 1. The molecule has 19 heavy (non-hydrogen) atoms. The number of hydrogen-bond donors (Lipinski definition) is 2. The summed E-state index contributed by atoms with van der Waals surface area (Å²) in [6.45, 7) is 3.85. The van der Waals surface area contributed by atoms with Crippen molar-refractivity contribution in [3.8, 4) is 0 Å². The summed E-state index contributed by atoms with van der Waals surface area (Å²) in [6.07, 6.45) is 0.354. The number of benzene rings is 1. The van der Waals surface area contributed by atoms with Gasteiger partial charge in [-0.1, -0.05) is 59.9 Å². The van der Waals surface area contributed by atoms with E-state index < -0.39 is 9.96 Å². The van der Waals surface area contributed by atoms with E-state index in [1.807, 2.05) is 38.1 Å². The van der Waals surface area contributed by atoms with Crippen molar-refractivity contribution in [3.63, 3.8) is 0 Å². The van der Waals surface area contributed by atoms with Crippen LogP contribution in [0.3, 0.4) is 0 Å². The van der Waals surface area contributed by atoms with Crippen molar-refractivity contribution in [3.05, 3.63) is 29.8 Å². The van der Waals surface area contributed by atoms with Crippen molar-refractivity contribution in [2.45, 2.75) is 36.6 Å². The fraction of sp³-hybridized carbons (Fsp3) is 0.462. The molecule has 106 valence electrons. The summed E-state index contributed by atoms with van der Waals surface area (Å²) in [4.78, 5) is 11.6. The van der Waals surface area contributed by atoms with E-state index >= 15 is 0 Å². The van der Waals surface area contributed by atoms with E-state index in [2.05, 4.69) is 10.6 Å². The van der Waals surface area contributed by atoms with Crippen molar-refractivity contribution in [2.24, 2.45) is 0 Å². The molecule has 6 heteroatoms. The Labute approximate surface area is 128 Å². The SMILES string of the molecule is CCCC(=O)NC(Nc1ccccc1C)C(Cl)(Cl)Cl. The van der Waals surface area contributed by atoms with Crippen LogP contribution in [-0.2, 0) is 4.79 Å². The zero-order chi connectivity index (χ0) is 14.5. The van der Waals surface area contributed by atoms with Crippen LogP contribution in [0.5, 0.6) is 0 Å². The molecule has 2 N–H and O–H groups in total. The molecule has 1 rings (SSSR count). The fourth-order valence-corrected chi connectivity index (χ4v) is 1.88. The second kappa shape index (κ2) is 7.22. The van der Waals surface area contributed by atoms with E-state index in [1.54, 1.807) is 0 Å². The van der Waals surface area contributed by atoms with Gasteiger partial charge in [-0.25, -0.2) is 0 Å². The van der Waals surface area contributed by atoms with Crippen molar-refractivity contribution in [1.82, 2.24) is 5.32 Å². The number of rotatable bonds is 5. The Morgan fingerprint density at radius 2 is 1.95 bits per heavy atom. The van der Waals surface area contributed by atoms with Gasteiger partial charge >= 0.3 is 0 Å². The van der Waals surface area contributed by atoms with Crippen LogP contribution < -0.4 is 10.6 Å². The van der Waals surface area contributed by atoms with Crippen LogP contribution in [0.25, 0.3) is 0 Å². The molecule has 1 amide bonds. The van der Waals surface area contributed by atoms with Crippen LogP contribution in [0.4, 0.5) is 5.69 Å². The molecule has 0 aromatic heterocycles. The number of anilines is 1. The van der Waals surface area contributed by atoms with Gasteiger partial charge in [0, 0.05) is 12.1 Å². The molecule has 0 heterocycles. The number of carbonyl (C=O) groups excluding carboxylic acids is 1. The van der Waals surface area contributed by atoms with Crippen LogP contribution >= 0.6 is 34.8 Å². The normalized spacial score (nSPS) is 12.9. The van der Waals surface area contributed by atoms with Crippen LogP contribution in [0.2, 0.25) is 0 Å². The molecule has 0 saturated carbocycles. The minimum atomic E-state index is -1.63. The third-order valence-electron chi connectivity index (χ3n) is 2.55. The maximum Gasteiger partial charge on any atom is 0.228 e. The van der Waals surface area contributed by atoms with E-state index in [9.17, 15) is 4.79 Å². The van der Waals surface area contributed by atoms with Crippen LogP contribution in [-0.4, -0.2) is 15.9 Å². The molecule has 1 atom stereocenters. The van der Waals surface area contributed by atoms with Crippen LogP contribution in [0.15, 0.2) is 24.3 Å². The van der Waals surface area contributed by atoms with Gasteiger partial charge in [-0.05, 0) is 25.0 Å². The highest BCUT2D eigenvalue weighted by Crippen LogP contribution is 2.31. The Bertz CT molecular complexity index is 432. The third kappa shape index (κ3) is 5.47. The number of halogens is 3. The highest BCUT2D eigenvalue weighted by atomic mass is 35.6. The summed E-state index contributed by atoms with van der Waals surface area (Å²) in [6, 6.07) is 7.59. The zero-order valence-corrected chi connectivity index (χ0v) is 13.1. The molecule has 0 bridgehead atoms. The highest BCUT2D eigenvalue weighted by molar-refractivity contribution is 6.68. The fourth-order valence-electron chi connectivity index (χ4n) is 1.55. The average Bonchev–Trinajstić information content (AvgIpc) is 2.30. The Hall–Kier alpha value is -0.640. The lowest BCUT2D eigenvalue weighted by Crippen LogP contribution is -2.49. The van der Waals surface area contributed by atoms with Crippen molar-refractivity contribution in [2.75, 3.05) is 5.32 Å². The number of alkyl halides is 3. The predicted molar refractivity (Wildman–Crippen MR) is 81.9 cm³/mol. The summed E-state index contributed by atoms with van der Waals surface area (Å²) in [5.74, 6) is -0.153. The Balaban J connectivity index is 2.82. The summed E-state index contributed by atoms with van der Waals surface area (Å²) >= 11 is 17.7. The first kappa shape index (κ1) is 16.4. The monoisotopic (exact) mass is 322 g/mol. The first-order valence-corrected chi connectivity index (χ1v) is 7.16. The van der Waals surface area contributed by atoms with E-state index in [4.69, 9.17) is 34.8 Å². The van der Waals surface area contributed by atoms with Crippen LogP contribution in [0.1, 0.15) is 25.3 Å². The van der Waals surface area contributed by atoms with Gasteiger partial charge in [-0.2, -0.15) is 0 Å². The van der Waals surface area contributed by atoms with E-state index in [0.29, 0.717) is 6.42 Å². The molecule has 0 radical (unpaired) electrons. The Kier molecular flexibility index (Phi) is 6.24. The molecule has 0 aliphatic heterocycles. The number of hydrogen-bond acceptors (Lipinski definition) is 2. The largest absolute Gasteiger partial charge is 0.362 e. The predicted octanol–water partition coefficient (Wildman–Crippen LogP) is 4.02.